The van der Waals surface area contributed by atoms with Crippen molar-refractivity contribution in [1.29, 1.82) is 0 Å². The molecule has 0 aromatic heterocycles. The van der Waals surface area contributed by atoms with E-state index in [1.54, 1.807) is 14.2 Å². The van der Waals surface area contributed by atoms with Gasteiger partial charge in [0.2, 0.25) is 17.7 Å². The number of hydrogen-bond donors (Lipinski definition) is 4. The lowest BCUT2D eigenvalue weighted by Gasteiger charge is -2.26. The molecular formula is C48H54N4O7. The molecule has 5 N–H and O–H groups in total. The second-order valence-electron chi connectivity index (χ2n) is 14.3. The van der Waals surface area contributed by atoms with E-state index in [9.17, 15) is 19.2 Å². The van der Waals surface area contributed by atoms with Crippen molar-refractivity contribution in [2.24, 2.45) is 5.73 Å². The number of nitrogens with two attached hydrogens (primary N) is 1. The third kappa shape index (κ3) is 10.9. The maximum atomic E-state index is 14.3. The van der Waals surface area contributed by atoms with Crippen LogP contribution in [0.15, 0.2) is 116 Å². The van der Waals surface area contributed by atoms with Gasteiger partial charge in [-0.25, -0.2) is 4.79 Å². The maximum absolute atomic E-state index is 14.3. The van der Waals surface area contributed by atoms with E-state index >= 15 is 0 Å². The van der Waals surface area contributed by atoms with Gasteiger partial charge >= 0.3 is 5.97 Å². The topological polar surface area (TPSA) is 158 Å². The van der Waals surface area contributed by atoms with E-state index in [2.05, 4.69) is 35.2 Å². The summed E-state index contributed by atoms with van der Waals surface area (Å²) in [5.41, 5.74) is 9.77. The molecule has 11 nitrogen and oxygen atoms in total. The van der Waals surface area contributed by atoms with Crippen LogP contribution in [0.3, 0.4) is 0 Å². The number of amides is 3. The molecule has 0 aliphatic carbocycles. The van der Waals surface area contributed by atoms with Crippen LogP contribution in [-0.4, -0.2) is 62.6 Å². The molecule has 59 heavy (non-hydrogen) atoms. The van der Waals surface area contributed by atoms with Gasteiger partial charge in [-0.05, 0) is 89.0 Å². The van der Waals surface area contributed by atoms with Crippen molar-refractivity contribution in [1.82, 2.24) is 16.0 Å². The molecule has 0 heterocycles. The van der Waals surface area contributed by atoms with Gasteiger partial charge in [0.05, 0.1) is 14.2 Å². The van der Waals surface area contributed by atoms with Crippen LogP contribution in [0.5, 0.6) is 11.5 Å². The summed E-state index contributed by atoms with van der Waals surface area (Å²) in [6.45, 7) is 9.47. The van der Waals surface area contributed by atoms with Crippen LogP contribution in [0.25, 0.3) is 32.7 Å². The minimum atomic E-state index is -1.12. The molecule has 0 bridgehead atoms. The van der Waals surface area contributed by atoms with Gasteiger partial charge in [-0.15, -0.1) is 13.2 Å². The van der Waals surface area contributed by atoms with Crippen molar-refractivity contribution < 1.29 is 33.4 Å². The number of ether oxygens (including phenoxy) is 3. The number of esters is 1. The number of unbranched alkanes of at least 4 members (excludes halogenated alkanes) is 1. The Hall–Kier alpha value is -6.46. The lowest BCUT2D eigenvalue weighted by molar-refractivity contribution is -0.149. The van der Waals surface area contributed by atoms with Crippen LogP contribution in [0.1, 0.15) is 49.3 Å². The van der Waals surface area contributed by atoms with Crippen LogP contribution < -0.4 is 31.2 Å². The number of fused-ring (bicyclic) bond motifs is 2. The summed E-state index contributed by atoms with van der Waals surface area (Å²) in [5, 5.41) is 12.2. The number of methoxy groups -OCH3 is 2. The van der Waals surface area contributed by atoms with Crippen molar-refractivity contribution in [2.45, 2.75) is 70.2 Å². The lowest BCUT2D eigenvalue weighted by Crippen LogP contribution is -2.56. The van der Waals surface area contributed by atoms with Crippen molar-refractivity contribution in [3.05, 3.63) is 133 Å². The number of benzene rings is 5. The van der Waals surface area contributed by atoms with Crippen LogP contribution >= 0.6 is 0 Å². The minimum Gasteiger partial charge on any atom is -0.496 e. The number of carbonyl (C=O) groups is 4. The van der Waals surface area contributed by atoms with Gasteiger partial charge in [0.25, 0.3) is 0 Å². The van der Waals surface area contributed by atoms with Crippen molar-refractivity contribution in [3.63, 3.8) is 0 Å². The molecule has 3 atom stereocenters. The molecule has 3 amide bonds. The van der Waals surface area contributed by atoms with E-state index in [0.717, 1.165) is 43.8 Å². The predicted octanol–water partition coefficient (Wildman–Crippen LogP) is 6.87. The third-order valence-electron chi connectivity index (χ3n) is 10.1. The molecule has 0 saturated heterocycles. The summed E-state index contributed by atoms with van der Waals surface area (Å²) in [6, 6.07) is 26.0. The summed E-state index contributed by atoms with van der Waals surface area (Å²) in [5.74, 6) is -1.07. The Morgan fingerprint density at radius 2 is 1.25 bits per heavy atom. The molecule has 5 rings (SSSR count). The maximum Gasteiger partial charge on any atom is 0.329 e. The summed E-state index contributed by atoms with van der Waals surface area (Å²) in [7, 11) is 3.22. The highest BCUT2D eigenvalue weighted by molar-refractivity contribution is 6.11. The highest BCUT2D eigenvalue weighted by atomic mass is 16.5. The smallest absolute Gasteiger partial charge is 0.329 e. The minimum absolute atomic E-state index is 0.0149. The van der Waals surface area contributed by atoms with E-state index in [1.165, 1.54) is 13.0 Å². The Bertz CT molecular complexity index is 2290. The number of allylic oxidation sites excluding steroid dienone is 1. The largest absolute Gasteiger partial charge is 0.496 e. The van der Waals surface area contributed by atoms with Crippen LogP contribution in [0.2, 0.25) is 0 Å². The van der Waals surface area contributed by atoms with E-state index in [-0.39, 0.29) is 25.9 Å². The summed E-state index contributed by atoms with van der Waals surface area (Å²) in [6.07, 6.45) is 5.40. The standard InChI is InChI=1S/C48H54N4O7/c1-6-17-35-27-33-21-11-13-23-37(33)42(44(35)57-4)43-38-24-14-12-22-34(38)28-36(45(43)58-5)29-41(50-31(3)53)47(55)51-39(25-15-16-26-49)46(54)52-40(18-7-2)48(56)59-30-32-19-9-8-10-20-32/h6-14,19-24,27-28,39-41H,1-2,15-18,25-26,29-30,49H2,3-5H3,(H,50,53)(H,51,55)(H,52,54)/t39-,40+,41?/m1/s1. The Labute approximate surface area is 346 Å². The molecule has 0 spiro atoms. The second kappa shape index (κ2) is 21.3. The molecular weight excluding hydrogens is 745 g/mol. The molecule has 0 aliphatic heterocycles. The average molecular weight is 799 g/mol. The zero-order chi connectivity index (χ0) is 42.3. The van der Waals surface area contributed by atoms with E-state index in [4.69, 9.17) is 19.9 Å². The Morgan fingerprint density at radius 3 is 1.83 bits per heavy atom. The zero-order valence-electron chi connectivity index (χ0n) is 34.1. The summed E-state index contributed by atoms with van der Waals surface area (Å²) < 4.78 is 17.9. The van der Waals surface area contributed by atoms with Crippen LogP contribution in [-0.2, 0) is 43.4 Å². The van der Waals surface area contributed by atoms with Gasteiger partial charge in [0.15, 0.2) is 0 Å². The normalized spacial score (nSPS) is 12.5. The third-order valence-corrected chi connectivity index (χ3v) is 10.1. The SMILES string of the molecule is C=CCc1cc2ccccc2c(-c2c(OC)c(CC(NC(C)=O)C(=O)N[C@H](CCCCN)C(=O)N[C@@H](CC=C)C(=O)OCc3ccccc3)cc3ccccc23)c1OC. The van der Waals surface area contributed by atoms with Gasteiger partial charge in [-0.2, -0.15) is 0 Å². The molecule has 11 heteroatoms. The summed E-state index contributed by atoms with van der Waals surface area (Å²) >= 11 is 0. The first kappa shape index (κ1) is 43.7. The molecule has 0 saturated carbocycles. The number of carbonyl (C=O) groups excluding carboxylic acids is 4. The molecule has 5 aromatic carbocycles. The first-order valence-corrected chi connectivity index (χ1v) is 19.8. The Kier molecular flexibility index (Phi) is 15.8. The monoisotopic (exact) mass is 798 g/mol. The van der Waals surface area contributed by atoms with Crippen molar-refractivity contribution in [2.75, 3.05) is 20.8 Å². The van der Waals surface area contributed by atoms with Gasteiger partial charge < -0.3 is 35.9 Å². The number of rotatable bonds is 21. The lowest BCUT2D eigenvalue weighted by atomic mass is 9.87. The highest BCUT2D eigenvalue weighted by Crippen LogP contribution is 2.48. The first-order valence-electron chi connectivity index (χ1n) is 19.8. The fourth-order valence-electron chi connectivity index (χ4n) is 7.39. The number of hydrogen-bond acceptors (Lipinski definition) is 8. The molecule has 0 fully saturated rings. The quantitative estimate of drug-likeness (QED) is 0.0356. The van der Waals surface area contributed by atoms with Crippen LogP contribution in [0, 0.1) is 0 Å². The number of nitrogens with one attached hydrogen (secondary N) is 3. The second-order valence-corrected chi connectivity index (χ2v) is 14.3. The zero-order valence-corrected chi connectivity index (χ0v) is 34.1. The first-order chi connectivity index (χ1) is 28.6. The fourth-order valence-corrected chi connectivity index (χ4v) is 7.39. The predicted molar refractivity (Wildman–Crippen MR) is 233 cm³/mol. The van der Waals surface area contributed by atoms with Gasteiger partial charge in [-0.3, -0.25) is 14.4 Å². The molecule has 1 unspecified atom stereocenters. The van der Waals surface area contributed by atoms with Crippen molar-refractivity contribution >= 4 is 45.2 Å². The Balaban J connectivity index is 1.52. The van der Waals surface area contributed by atoms with Gasteiger partial charge in [0, 0.05) is 24.5 Å². The molecule has 0 radical (unpaired) electrons. The van der Waals surface area contributed by atoms with E-state index in [0.29, 0.717) is 42.9 Å². The highest BCUT2D eigenvalue weighted by Gasteiger charge is 2.31. The fraction of sp³-hybridized carbons (Fsp3) is 0.292. The van der Waals surface area contributed by atoms with E-state index < -0.39 is 41.8 Å². The van der Waals surface area contributed by atoms with Gasteiger partial charge in [0.1, 0.15) is 36.2 Å². The molecule has 0 aliphatic rings. The summed E-state index contributed by atoms with van der Waals surface area (Å²) in [4.78, 5) is 54.1. The molecule has 5 aromatic rings. The Morgan fingerprint density at radius 1 is 0.695 bits per heavy atom. The van der Waals surface area contributed by atoms with Crippen LogP contribution in [0.4, 0.5) is 0 Å². The van der Waals surface area contributed by atoms with Crippen molar-refractivity contribution in [3.8, 4) is 22.6 Å². The van der Waals surface area contributed by atoms with E-state index in [1.807, 2.05) is 91.0 Å². The molecule has 308 valence electrons. The average Bonchev–Trinajstić information content (AvgIpc) is 3.24. The van der Waals surface area contributed by atoms with Gasteiger partial charge in [-0.1, -0.05) is 91.0 Å².